The number of benzene rings is 1. The molecule has 1 unspecified atom stereocenters. The third kappa shape index (κ3) is 5.51. The standard InChI is InChI=1S/C29H36FN7O4/c1-16(14-35(3)4)37-15-21(29(39)40)26(38)20-9-17(13-33-28(20)37)10-23(36-5-7-41-8-6-36)24-19-11-18(30)12-22(32-2)25(19)34-27(24)31/h9-13,15-16,29,32,34,39-40H,5-8,14,31H2,1-4H3/b23-10-. The topological polar surface area (TPSA) is 145 Å². The van der Waals surface area contributed by atoms with Crippen LogP contribution in [0, 0.1) is 5.82 Å². The van der Waals surface area contributed by atoms with Crippen molar-refractivity contribution in [2.45, 2.75) is 19.3 Å². The second-order valence-corrected chi connectivity index (χ2v) is 10.6. The van der Waals surface area contributed by atoms with E-state index in [-0.39, 0.29) is 17.0 Å². The average Bonchev–Trinajstić information content (AvgIpc) is 3.26. The van der Waals surface area contributed by atoms with Crippen molar-refractivity contribution in [2.24, 2.45) is 0 Å². The molecule has 3 aromatic heterocycles. The molecule has 6 N–H and O–H groups in total. The molecule has 1 atom stereocenters. The molecule has 0 saturated carbocycles. The molecule has 12 heteroatoms. The van der Waals surface area contributed by atoms with Gasteiger partial charge >= 0.3 is 0 Å². The van der Waals surface area contributed by atoms with E-state index < -0.39 is 17.5 Å². The number of aromatic amines is 1. The predicted octanol–water partition coefficient (Wildman–Crippen LogP) is 2.58. The molecule has 0 bridgehead atoms. The van der Waals surface area contributed by atoms with Gasteiger partial charge in [-0.2, -0.15) is 0 Å². The summed E-state index contributed by atoms with van der Waals surface area (Å²) in [6, 6.07) is 4.44. The van der Waals surface area contributed by atoms with Gasteiger partial charge in [-0.25, -0.2) is 9.37 Å². The number of nitrogens with one attached hydrogen (secondary N) is 2. The van der Waals surface area contributed by atoms with Crippen LogP contribution in [-0.2, 0) is 4.74 Å². The summed E-state index contributed by atoms with van der Waals surface area (Å²) < 4.78 is 22.0. The Hall–Kier alpha value is -3.97. The highest BCUT2D eigenvalue weighted by atomic mass is 19.1. The number of aromatic nitrogens is 3. The lowest BCUT2D eigenvalue weighted by Gasteiger charge is -2.31. The fraction of sp³-hybridized carbons (Fsp3) is 0.379. The first kappa shape index (κ1) is 28.6. The Kier molecular flexibility index (Phi) is 8.00. The Labute approximate surface area is 236 Å². The number of H-pyrrole nitrogens is 1. The maximum atomic E-state index is 14.7. The van der Waals surface area contributed by atoms with Crippen LogP contribution >= 0.6 is 0 Å². The van der Waals surface area contributed by atoms with Gasteiger partial charge < -0.3 is 45.4 Å². The van der Waals surface area contributed by atoms with Crippen LogP contribution in [0.15, 0.2) is 35.4 Å². The maximum absolute atomic E-state index is 14.7. The number of morpholine rings is 1. The summed E-state index contributed by atoms with van der Waals surface area (Å²) in [5.41, 5.74) is 9.53. The van der Waals surface area contributed by atoms with Crippen LogP contribution in [0.25, 0.3) is 33.7 Å². The number of hydrogen-bond donors (Lipinski definition) is 5. The number of halogens is 1. The second-order valence-electron chi connectivity index (χ2n) is 10.6. The third-order valence-electron chi connectivity index (χ3n) is 7.38. The molecule has 0 aliphatic carbocycles. The van der Waals surface area contributed by atoms with Gasteiger partial charge in [0.2, 0.25) is 0 Å². The van der Waals surface area contributed by atoms with Gasteiger partial charge in [0, 0.05) is 61.8 Å². The maximum Gasteiger partial charge on any atom is 0.199 e. The fourth-order valence-corrected chi connectivity index (χ4v) is 5.52. The molecule has 218 valence electrons. The summed E-state index contributed by atoms with van der Waals surface area (Å²) in [6.07, 6.45) is 3.07. The Balaban J connectivity index is 1.74. The number of nitrogens with zero attached hydrogens (tertiary/aromatic N) is 4. The number of nitrogens with two attached hydrogens (primary N) is 1. The second kappa shape index (κ2) is 11.5. The molecular formula is C29H36FN7O4. The highest BCUT2D eigenvalue weighted by molar-refractivity contribution is 6.05. The summed E-state index contributed by atoms with van der Waals surface area (Å²) in [5, 5.41) is 23.9. The normalized spacial score (nSPS) is 15.4. The van der Waals surface area contributed by atoms with E-state index in [2.05, 4.69) is 20.2 Å². The van der Waals surface area contributed by atoms with Crippen LogP contribution in [0.3, 0.4) is 0 Å². The first-order valence-corrected chi connectivity index (χ1v) is 13.5. The van der Waals surface area contributed by atoms with E-state index in [1.54, 1.807) is 23.9 Å². The molecule has 0 radical (unpaired) electrons. The molecule has 1 aliphatic rings. The van der Waals surface area contributed by atoms with Gasteiger partial charge in [0.15, 0.2) is 11.7 Å². The summed E-state index contributed by atoms with van der Waals surface area (Å²) in [7, 11) is 5.59. The molecule has 11 nitrogen and oxygen atoms in total. The van der Waals surface area contributed by atoms with Gasteiger partial charge in [-0.05, 0) is 50.9 Å². The number of likely N-dealkylation sites (N-methyl/N-ethyl adjacent to an activating group) is 1. The van der Waals surface area contributed by atoms with Crippen LogP contribution in [-0.4, -0.2) is 88.5 Å². The summed E-state index contributed by atoms with van der Waals surface area (Å²) in [4.78, 5) is 25.3. The van der Waals surface area contributed by atoms with E-state index in [0.29, 0.717) is 72.0 Å². The minimum absolute atomic E-state index is 0.106. The molecule has 1 aliphatic heterocycles. The molecule has 0 amide bonds. The van der Waals surface area contributed by atoms with Crippen molar-refractivity contribution >= 4 is 45.2 Å². The third-order valence-corrected chi connectivity index (χ3v) is 7.38. The van der Waals surface area contributed by atoms with Crippen LogP contribution in [0.1, 0.15) is 35.9 Å². The van der Waals surface area contributed by atoms with E-state index in [1.165, 1.54) is 18.3 Å². The van der Waals surface area contributed by atoms with E-state index >= 15 is 0 Å². The van der Waals surface area contributed by atoms with E-state index in [1.807, 2.05) is 32.0 Å². The fourth-order valence-electron chi connectivity index (χ4n) is 5.52. The molecule has 4 aromatic rings. The van der Waals surface area contributed by atoms with Gasteiger partial charge in [0.05, 0.1) is 35.4 Å². The van der Waals surface area contributed by atoms with Crippen molar-refractivity contribution in [1.29, 1.82) is 0 Å². The molecule has 41 heavy (non-hydrogen) atoms. The van der Waals surface area contributed by atoms with E-state index in [0.717, 1.165) is 5.70 Å². The van der Waals surface area contributed by atoms with Crippen LogP contribution in [0.5, 0.6) is 0 Å². The quantitative estimate of drug-likeness (QED) is 0.204. The van der Waals surface area contributed by atoms with Gasteiger partial charge in [-0.3, -0.25) is 4.79 Å². The zero-order chi connectivity index (χ0) is 29.4. The van der Waals surface area contributed by atoms with Gasteiger partial charge in [-0.15, -0.1) is 0 Å². The highest BCUT2D eigenvalue weighted by Crippen LogP contribution is 2.38. The van der Waals surface area contributed by atoms with E-state index in [4.69, 9.17) is 10.5 Å². The number of ether oxygens (including phenoxy) is 1. The van der Waals surface area contributed by atoms with E-state index in [9.17, 15) is 19.4 Å². The summed E-state index contributed by atoms with van der Waals surface area (Å²) >= 11 is 0. The number of aliphatic hydroxyl groups excluding tert-OH is 1. The lowest BCUT2D eigenvalue weighted by Crippen LogP contribution is -2.35. The van der Waals surface area contributed by atoms with Gasteiger partial charge in [0.25, 0.3) is 0 Å². The van der Waals surface area contributed by atoms with Crippen molar-refractivity contribution < 1.29 is 19.3 Å². The zero-order valence-electron chi connectivity index (χ0n) is 23.6. The predicted molar refractivity (Wildman–Crippen MR) is 159 cm³/mol. The number of anilines is 2. The van der Waals surface area contributed by atoms with Gasteiger partial charge in [-0.1, -0.05) is 0 Å². The van der Waals surface area contributed by atoms with Crippen LogP contribution in [0.2, 0.25) is 0 Å². The van der Waals surface area contributed by atoms with Crippen molar-refractivity contribution in [3.63, 3.8) is 0 Å². The first-order valence-electron chi connectivity index (χ1n) is 13.5. The molecule has 4 heterocycles. The Morgan fingerprint density at radius 1 is 1.27 bits per heavy atom. The van der Waals surface area contributed by atoms with Crippen molar-refractivity contribution in [3.05, 3.63) is 63.3 Å². The number of fused-ring (bicyclic) bond motifs is 2. The van der Waals surface area contributed by atoms with Crippen molar-refractivity contribution in [1.82, 2.24) is 24.3 Å². The molecule has 5 rings (SSSR count). The van der Waals surface area contributed by atoms with Crippen LogP contribution < -0.4 is 16.5 Å². The summed E-state index contributed by atoms with van der Waals surface area (Å²) in [5.74, 6) is -0.0302. The lowest BCUT2D eigenvalue weighted by molar-refractivity contribution is -0.0436. The SMILES string of the molecule is CNc1cc(F)cc2c(/C(=C/c3cnc4c(c3)c(=O)c(C(O)O)cn4C(C)CN(C)C)N3CCOCC3)c(N)[nH]c12. The van der Waals surface area contributed by atoms with Gasteiger partial charge in [0.1, 0.15) is 17.3 Å². The minimum atomic E-state index is -1.94. The summed E-state index contributed by atoms with van der Waals surface area (Å²) in [6.45, 7) is 4.82. The van der Waals surface area contributed by atoms with Crippen LogP contribution in [0.4, 0.5) is 15.9 Å². The van der Waals surface area contributed by atoms with Crippen molar-refractivity contribution in [3.8, 4) is 0 Å². The Morgan fingerprint density at radius 3 is 2.66 bits per heavy atom. The number of rotatable bonds is 8. The molecule has 0 spiro atoms. The number of nitrogen functional groups attached to an aromatic ring is 1. The average molecular weight is 566 g/mol. The molecule has 1 fully saturated rings. The Morgan fingerprint density at radius 2 is 2.00 bits per heavy atom. The first-order chi connectivity index (χ1) is 19.6. The largest absolute Gasteiger partial charge is 0.386 e. The highest BCUT2D eigenvalue weighted by Gasteiger charge is 2.24. The monoisotopic (exact) mass is 565 g/mol. The smallest absolute Gasteiger partial charge is 0.199 e. The number of aliphatic hydroxyl groups is 2. The number of pyridine rings is 2. The minimum Gasteiger partial charge on any atom is -0.386 e. The molecule has 1 aromatic carbocycles. The lowest BCUT2D eigenvalue weighted by atomic mass is 10.0. The molecular weight excluding hydrogens is 529 g/mol. The molecule has 1 saturated heterocycles. The zero-order valence-corrected chi connectivity index (χ0v) is 23.6. The Bertz CT molecular complexity index is 1670. The number of hydrogen-bond acceptors (Lipinski definition) is 9. The van der Waals surface area contributed by atoms with Crippen molar-refractivity contribution in [2.75, 3.05) is 65.0 Å².